The van der Waals surface area contributed by atoms with E-state index in [9.17, 15) is 8.42 Å². The summed E-state index contributed by atoms with van der Waals surface area (Å²) in [6.07, 6.45) is 7.04. The predicted octanol–water partition coefficient (Wildman–Crippen LogP) is 1.55. The third-order valence-corrected chi connectivity index (χ3v) is 3.37. The highest BCUT2D eigenvalue weighted by atomic mass is 32.2. The molecule has 0 fully saturated rings. The Bertz CT molecular complexity index is 326. The number of sulfonamides is 1. The SMILES string of the molecule is CC(C)NS(=O)(=O)C1=CCCC=C1. The normalized spacial score (nSPS) is 17.6. The van der Waals surface area contributed by atoms with Gasteiger partial charge in [-0.1, -0.05) is 12.2 Å². The predicted molar refractivity (Wildman–Crippen MR) is 53.6 cm³/mol. The van der Waals surface area contributed by atoms with Crippen molar-refractivity contribution in [2.45, 2.75) is 32.7 Å². The van der Waals surface area contributed by atoms with Gasteiger partial charge in [0.1, 0.15) is 0 Å². The molecular formula is C9H15NO2S. The van der Waals surface area contributed by atoms with Crippen LogP contribution in [-0.2, 0) is 10.0 Å². The first-order chi connectivity index (χ1) is 6.02. The average molecular weight is 201 g/mol. The van der Waals surface area contributed by atoms with Crippen molar-refractivity contribution < 1.29 is 8.42 Å². The molecule has 0 atom stereocenters. The minimum Gasteiger partial charge on any atom is -0.209 e. The number of hydrogen-bond donors (Lipinski definition) is 1. The molecule has 0 amide bonds. The fraction of sp³-hybridized carbons (Fsp3) is 0.556. The van der Waals surface area contributed by atoms with Crippen LogP contribution in [0.15, 0.2) is 23.1 Å². The van der Waals surface area contributed by atoms with E-state index in [0.717, 1.165) is 12.8 Å². The molecule has 0 spiro atoms. The topological polar surface area (TPSA) is 46.2 Å². The molecule has 4 heteroatoms. The molecule has 0 heterocycles. The molecule has 1 rings (SSSR count). The summed E-state index contributed by atoms with van der Waals surface area (Å²) in [4.78, 5) is 0.396. The van der Waals surface area contributed by atoms with Crippen LogP contribution in [0.25, 0.3) is 0 Å². The lowest BCUT2D eigenvalue weighted by Gasteiger charge is -2.11. The Kier molecular flexibility index (Phi) is 3.27. The van der Waals surface area contributed by atoms with Crippen LogP contribution < -0.4 is 4.72 Å². The minimum absolute atomic E-state index is 0.0544. The maximum atomic E-state index is 11.6. The highest BCUT2D eigenvalue weighted by Crippen LogP contribution is 2.14. The summed E-state index contributed by atoms with van der Waals surface area (Å²) >= 11 is 0. The number of nitrogens with one attached hydrogen (secondary N) is 1. The Morgan fingerprint density at radius 3 is 2.54 bits per heavy atom. The van der Waals surface area contributed by atoms with Crippen molar-refractivity contribution in [2.75, 3.05) is 0 Å². The monoisotopic (exact) mass is 201 g/mol. The molecule has 1 N–H and O–H groups in total. The Hall–Kier alpha value is -0.610. The number of hydrogen-bond acceptors (Lipinski definition) is 2. The van der Waals surface area contributed by atoms with Crippen LogP contribution in [0.2, 0.25) is 0 Å². The molecule has 0 aromatic rings. The van der Waals surface area contributed by atoms with Gasteiger partial charge in [0, 0.05) is 6.04 Å². The van der Waals surface area contributed by atoms with Gasteiger partial charge < -0.3 is 0 Å². The molecule has 74 valence electrons. The molecule has 0 radical (unpaired) electrons. The van der Waals surface area contributed by atoms with Crippen molar-refractivity contribution in [2.24, 2.45) is 0 Å². The van der Waals surface area contributed by atoms with Gasteiger partial charge in [-0.25, -0.2) is 13.1 Å². The highest BCUT2D eigenvalue weighted by molar-refractivity contribution is 7.93. The molecule has 0 bridgehead atoms. The van der Waals surface area contributed by atoms with E-state index in [1.54, 1.807) is 12.2 Å². The van der Waals surface area contributed by atoms with Crippen molar-refractivity contribution in [3.63, 3.8) is 0 Å². The largest absolute Gasteiger partial charge is 0.240 e. The van der Waals surface area contributed by atoms with Crippen LogP contribution in [0.5, 0.6) is 0 Å². The molecule has 0 saturated carbocycles. The number of allylic oxidation sites excluding steroid dienone is 3. The van der Waals surface area contributed by atoms with Crippen molar-refractivity contribution >= 4 is 10.0 Å². The molecule has 1 aliphatic carbocycles. The van der Waals surface area contributed by atoms with Crippen LogP contribution in [0.4, 0.5) is 0 Å². The smallest absolute Gasteiger partial charge is 0.209 e. The van der Waals surface area contributed by atoms with Crippen LogP contribution in [-0.4, -0.2) is 14.5 Å². The van der Waals surface area contributed by atoms with E-state index < -0.39 is 10.0 Å². The Labute approximate surface area is 79.6 Å². The molecule has 0 saturated heterocycles. The van der Waals surface area contributed by atoms with E-state index >= 15 is 0 Å². The van der Waals surface area contributed by atoms with E-state index in [2.05, 4.69) is 4.72 Å². The van der Waals surface area contributed by atoms with Crippen molar-refractivity contribution in [1.29, 1.82) is 0 Å². The van der Waals surface area contributed by atoms with Gasteiger partial charge in [0.25, 0.3) is 0 Å². The Morgan fingerprint density at radius 1 is 1.38 bits per heavy atom. The zero-order chi connectivity index (χ0) is 9.90. The fourth-order valence-corrected chi connectivity index (χ4v) is 2.54. The van der Waals surface area contributed by atoms with Crippen LogP contribution in [0, 0.1) is 0 Å². The van der Waals surface area contributed by atoms with E-state index in [1.165, 1.54) is 0 Å². The maximum Gasteiger partial charge on any atom is 0.240 e. The summed E-state index contributed by atoms with van der Waals surface area (Å²) in [5, 5.41) is 0. The first-order valence-corrected chi connectivity index (χ1v) is 5.90. The molecule has 0 aromatic heterocycles. The maximum absolute atomic E-state index is 11.6. The summed E-state index contributed by atoms with van der Waals surface area (Å²) in [6, 6.07) is -0.0544. The first-order valence-electron chi connectivity index (χ1n) is 4.41. The zero-order valence-corrected chi connectivity index (χ0v) is 8.76. The van der Waals surface area contributed by atoms with E-state index in [-0.39, 0.29) is 6.04 Å². The molecule has 3 nitrogen and oxygen atoms in total. The quantitative estimate of drug-likeness (QED) is 0.753. The summed E-state index contributed by atoms with van der Waals surface area (Å²) in [5.74, 6) is 0. The first kappa shape index (κ1) is 10.5. The molecule has 0 unspecified atom stereocenters. The van der Waals surface area contributed by atoms with Crippen molar-refractivity contribution in [3.05, 3.63) is 23.1 Å². The van der Waals surface area contributed by atoms with E-state index in [0.29, 0.717) is 4.91 Å². The van der Waals surface area contributed by atoms with Crippen molar-refractivity contribution in [3.8, 4) is 0 Å². The van der Waals surface area contributed by atoms with Gasteiger partial charge in [-0.3, -0.25) is 0 Å². The summed E-state index contributed by atoms with van der Waals surface area (Å²) in [7, 11) is -3.26. The second-order valence-electron chi connectivity index (χ2n) is 3.36. The molecule has 13 heavy (non-hydrogen) atoms. The number of rotatable bonds is 3. The zero-order valence-electron chi connectivity index (χ0n) is 7.95. The standard InChI is InChI=1S/C9H15NO2S/c1-8(2)10-13(11,12)9-6-4-3-5-7-9/h4,6-8,10H,3,5H2,1-2H3. The van der Waals surface area contributed by atoms with Crippen molar-refractivity contribution in [1.82, 2.24) is 4.72 Å². The van der Waals surface area contributed by atoms with Gasteiger partial charge in [-0.2, -0.15) is 0 Å². The molecular weight excluding hydrogens is 186 g/mol. The van der Waals surface area contributed by atoms with E-state index in [1.807, 2.05) is 19.9 Å². The van der Waals surface area contributed by atoms with Gasteiger partial charge in [0.05, 0.1) is 4.91 Å². The van der Waals surface area contributed by atoms with Crippen LogP contribution in [0.1, 0.15) is 26.7 Å². The third kappa shape index (κ3) is 2.97. The summed E-state index contributed by atoms with van der Waals surface area (Å²) < 4.78 is 25.7. The lowest BCUT2D eigenvalue weighted by molar-refractivity contribution is 0.577. The second-order valence-corrected chi connectivity index (χ2v) is 5.08. The van der Waals surface area contributed by atoms with Gasteiger partial charge in [-0.15, -0.1) is 0 Å². The average Bonchev–Trinajstić information content (AvgIpc) is 2.04. The van der Waals surface area contributed by atoms with Gasteiger partial charge in [-0.05, 0) is 32.8 Å². The lowest BCUT2D eigenvalue weighted by atomic mass is 10.2. The second kappa shape index (κ2) is 4.07. The molecule has 1 aliphatic rings. The van der Waals surface area contributed by atoms with Gasteiger partial charge >= 0.3 is 0 Å². The third-order valence-electron chi connectivity index (χ3n) is 1.66. The Morgan fingerprint density at radius 2 is 2.08 bits per heavy atom. The summed E-state index contributed by atoms with van der Waals surface area (Å²) in [5.41, 5.74) is 0. The van der Waals surface area contributed by atoms with Gasteiger partial charge in [0.2, 0.25) is 10.0 Å². The lowest BCUT2D eigenvalue weighted by Crippen LogP contribution is -2.31. The highest BCUT2D eigenvalue weighted by Gasteiger charge is 2.16. The van der Waals surface area contributed by atoms with E-state index in [4.69, 9.17) is 0 Å². The van der Waals surface area contributed by atoms with Gasteiger partial charge in [0.15, 0.2) is 0 Å². The molecule has 0 aliphatic heterocycles. The summed E-state index contributed by atoms with van der Waals surface area (Å²) in [6.45, 7) is 3.62. The Balaban J connectivity index is 2.81. The molecule has 0 aromatic carbocycles. The van der Waals surface area contributed by atoms with Crippen LogP contribution >= 0.6 is 0 Å². The minimum atomic E-state index is -3.26. The van der Waals surface area contributed by atoms with Crippen LogP contribution in [0.3, 0.4) is 0 Å². The fourth-order valence-electron chi connectivity index (χ4n) is 1.17.